The van der Waals surface area contributed by atoms with Gasteiger partial charge in [-0.15, -0.1) is 0 Å². The molecule has 0 aliphatic carbocycles. The van der Waals surface area contributed by atoms with Gasteiger partial charge in [-0.1, -0.05) is 36.9 Å². The van der Waals surface area contributed by atoms with Gasteiger partial charge >= 0.3 is 11.9 Å². The maximum absolute atomic E-state index is 12.2. The molecule has 1 aliphatic rings. The van der Waals surface area contributed by atoms with Crippen LogP contribution in [-0.2, 0) is 9.47 Å². The molecule has 24 heavy (non-hydrogen) atoms. The van der Waals surface area contributed by atoms with E-state index in [1.54, 1.807) is 54.6 Å². The quantitative estimate of drug-likeness (QED) is 0.464. The van der Waals surface area contributed by atoms with Gasteiger partial charge < -0.3 is 14.2 Å². The van der Waals surface area contributed by atoms with E-state index >= 15 is 0 Å². The number of rotatable bonds is 6. The molecule has 0 saturated carbocycles. The summed E-state index contributed by atoms with van der Waals surface area (Å²) in [6.45, 7) is 4.46. The first kappa shape index (κ1) is 16.0. The molecule has 0 aromatic heterocycles. The molecule has 1 fully saturated rings. The molecule has 1 aliphatic heterocycles. The lowest BCUT2D eigenvalue weighted by atomic mass is 10.1. The third kappa shape index (κ3) is 3.88. The number of para-hydroxylation sites is 1. The van der Waals surface area contributed by atoms with Crippen molar-refractivity contribution in [2.75, 3.05) is 13.2 Å². The fraction of sp³-hybridized carbons (Fsp3) is 0.158. The summed E-state index contributed by atoms with van der Waals surface area (Å²) >= 11 is 0. The van der Waals surface area contributed by atoms with Crippen LogP contribution >= 0.6 is 0 Å². The van der Waals surface area contributed by atoms with Gasteiger partial charge in [0.25, 0.3) is 0 Å². The van der Waals surface area contributed by atoms with Crippen molar-refractivity contribution in [3.05, 3.63) is 71.8 Å². The molecule has 0 spiro atoms. The van der Waals surface area contributed by atoms with Gasteiger partial charge in [-0.05, 0) is 29.8 Å². The highest BCUT2D eigenvalue weighted by atomic mass is 16.6. The predicted octanol–water partition coefficient (Wildman–Crippen LogP) is 3.10. The van der Waals surface area contributed by atoms with Crippen LogP contribution in [0.4, 0.5) is 0 Å². The highest BCUT2D eigenvalue weighted by Gasteiger charge is 2.25. The molecule has 1 heterocycles. The van der Waals surface area contributed by atoms with Gasteiger partial charge in [0.1, 0.15) is 24.0 Å². The summed E-state index contributed by atoms with van der Waals surface area (Å²) in [5.41, 5.74) is 1.49. The zero-order valence-corrected chi connectivity index (χ0v) is 12.9. The van der Waals surface area contributed by atoms with Crippen LogP contribution in [-0.4, -0.2) is 31.3 Å². The van der Waals surface area contributed by atoms with E-state index < -0.39 is 11.9 Å². The van der Waals surface area contributed by atoms with Crippen molar-refractivity contribution in [3.63, 3.8) is 0 Å². The first-order valence-electron chi connectivity index (χ1n) is 7.50. The minimum Gasteiger partial charge on any atom is -0.459 e. The molecular weight excluding hydrogens is 308 g/mol. The molecule has 0 bridgehead atoms. The van der Waals surface area contributed by atoms with Crippen LogP contribution in [0.15, 0.2) is 55.1 Å². The van der Waals surface area contributed by atoms with Crippen molar-refractivity contribution >= 4 is 18.0 Å². The van der Waals surface area contributed by atoms with E-state index in [0.29, 0.717) is 12.2 Å². The van der Waals surface area contributed by atoms with E-state index in [2.05, 4.69) is 6.58 Å². The van der Waals surface area contributed by atoms with Crippen LogP contribution in [0.3, 0.4) is 0 Å². The first-order chi connectivity index (χ1) is 11.7. The van der Waals surface area contributed by atoms with Crippen LogP contribution in [0.1, 0.15) is 26.3 Å². The number of carbonyl (C=O) groups is 2. The monoisotopic (exact) mass is 324 g/mol. The van der Waals surface area contributed by atoms with Crippen molar-refractivity contribution < 1.29 is 23.8 Å². The van der Waals surface area contributed by atoms with E-state index in [-0.39, 0.29) is 24.0 Å². The van der Waals surface area contributed by atoms with E-state index in [1.165, 1.54) is 0 Å². The Morgan fingerprint density at radius 3 is 2.50 bits per heavy atom. The molecule has 2 aromatic rings. The number of hydrogen-bond donors (Lipinski definition) is 0. The molecule has 0 radical (unpaired) electrons. The highest BCUT2D eigenvalue weighted by molar-refractivity contribution is 5.96. The summed E-state index contributed by atoms with van der Waals surface area (Å²) in [5.74, 6) is -0.927. The molecular formula is C19H16O5. The Morgan fingerprint density at radius 1 is 1.12 bits per heavy atom. The number of epoxide rings is 1. The van der Waals surface area contributed by atoms with Crippen LogP contribution in [0.5, 0.6) is 5.75 Å². The first-order valence-corrected chi connectivity index (χ1v) is 7.50. The number of esters is 2. The van der Waals surface area contributed by atoms with Gasteiger partial charge in [0, 0.05) is 0 Å². The number of ether oxygens (including phenoxy) is 3. The topological polar surface area (TPSA) is 65.1 Å². The molecule has 122 valence electrons. The van der Waals surface area contributed by atoms with E-state index in [0.717, 1.165) is 5.56 Å². The Kier molecular flexibility index (Phi) is 4.72. The lowest BCUT2D eigenvalue weighted by Gasteiger charge is -2.09. The lowest BCUT2D eigenvalue weighted by molar-refractivity contribution is 0.0471. The largest absolute Gasteiger partial charge is 0.459 e. The third-order valence-electron chi connectivity index (χ3n) is 3.49. The molecule has 1 unspecified atom stereocenters. The molecule has 1 saturated heterocycles. The summed E-state index contributed by atoms with van der Waals surface area (Å²) in [6, 6.07) is 13.3. The lowest BCUT2D eigenvalue weighted by Crippen LogP contribution is -2.14. The second kappa shape index (κ2) is 7.10. The average Bonchev–Trinajstić information content (AvgIpc) is 3.44. The minimum absolute atomic E-state index is 0.0213. The summed E-state index contributed by atoms with van der Waals surface area (Å²) in [6.07, 6.45) is 1.66. The number of benzene rings is 2. The van der Waals surface area contributed by atoms with Crippen molar-refractivity contribution in [1.82, 2.24) is 0 Å². The average molecular weight is 324 g/mol. The Balaban J connectivity index is 1.72. The Bertz CT molecular complexity index is 760. The molecule has 2 aromatic carbocycles. The molecule has 5 heteroatoms. The van der Waals surface area contributed by atoms with Crippen LogP contribution in [0.25, 0.3) is 6.08 Å². The van der Waals surface area contributed by atoms with Gasteiger partial charge in [0.2, 0.25) is 0 Å². The SMILES string of the molecule is C=Cc1ccc(C(=O)Oc2ccccc2C(=O)OCC2CO2)cc1. The van der Waals surface area contributed by atoms with E-state index in [4.69, 9.17) is 14.2 Å². The van der Waals surface area contributed by atoms with E-state index in [9.17, 15) is 9.59 Å². The van der Waals surface area contributed by atoms with Gasteiger partial charge in [-0.3, -0.25) is 0 Å². The Hall–Kier alpha value is -2.92. The van der Waals surface area contributed by atoms with Gasteiger partial charge in [0.15, 0.2) is 0 Å². The zero-order valence-electron chi connectivity index (χ0n) is 12.9. The smallest absolute Gasteiger partial charge is 0.343 e. The van der Waals surface area contributed by atoms with Gasteiger partial charge in [-0.2, -0.15) is 0 Å². The zero-order chi connectivity index (χ0) is 16.9. The Labute approximate surface area is 139 Å². The van der Waals surface area contributed by atoms with Gasteiger partial charge in [-0.25, -0.2) is 9.59 Å². The van der Waals surface area contributed by atoms with Crippen molar-refractivity contribution in [2.45, 2.75) is 6.10 Å². The summed E-state index contributed by atoms with van der Waals surface area (Å²) in [5, 5.41) is 0. The standard InChI is InChI=1S/C19H16O5/c1-2-13-7-9-14(10-8-13)18(20)24-17-6-4-3-5-16(17)19(21)23-12-15-11-22-15/h2-10,15H,1,11-12H2. The third-order valence-corrected chi connectivity index (χ3v) is 3.49. The normalized spacial score (nSPS) is 15.4. The van der Waals surface area contributed by atoms with Crippen LogP contribution in [0.2, 0.25) is 0 Å². The molecule has 5 nitrogen and oxygen atoms in total. The fourth-order valence-corrected chi connectivity index (χ4v) is 2.05. The number of hydrogen-bond acceptors (Lipinski definition) is 5. The maximum Gasteiger partial charge on any atom is 0.343 e. The number of carbonyl (C=O) groups excluding carboxylic acids is 2. The summed E-state index contributed by atoms with van der Waals surface area (Å²) in [4.78, 5) is 24.4. The van der Waals surface area contributed by atoms with Gasteiger partial charge in [0.05, 0.1) is 12.2 Å². The predicted molar refractivity (Wildman–Crippen MR) is 88.0 cm³/mol. The molecule has 3 rings (SSSR count). The summed E-state index contributed by atoms with van der Waals surface area (Å²) in [7, 11) is 0. The van der Waals surface area contributed by atoms with E-state index in [1.807, 2.05) is 0 Å². The van der Waals surface area contributed by atoms with Crippen molar-refractivity contribution in [2.24, 2.45) is 0 Å². The Morgan fingerprint density at radius 2 is 1.83 bits per heavy atom. The van der Waals surface area contributed by atoms with Crippen molar-refractivity contribution in [3.8, 4) is 5.75 Å². The molecule has 0 N–H and O–H groups in total. The maximum atomic E-state index is 12.2. The fourth-order valence-electron chi connectivity index (χ4n) is 2.05. The second-order valence-corrected chi connectivity index (χ2v) is 5.27. The molecule has 0 amide bonds. The van der Waals surface area contributed by atoms with Crippen LogP contribution < -0.4 is 4.74 Å². The van der Waals surface area contributed by atoms with Crippen LogP contribution in [0, 0.1) is 0 Å². The highest BCUT2D eigenvalue weighted by Crippen LogP contribution is 2.21. The minimum atomic E-state index is -0.545. The second-order valence-electron chi connectivity index (χ2n) is 5.27. The molecule has 1 atom stereocenters. The van der Waals surface area contributed by atoms with Crippen molar-refractivity contribution in [1.29, 1.82) is 0 Å². The summed E-state index contributed by atoms with van der Waals surface area (Å²) < 4.78 is 15.5.